The van der Waals surface area contributed by atoms with Crippen LogP contribution >= 0.6 is 0 Å². The number of aryl methyl sites for hydroxylation is 2. The predicted molar refractivity (Wildman–Crippen MR) is 123 cm³/mol. The maximum Gasteiger partial charge on any atom is 0.221 e. The van der Waals surface area contributed by atoms with Crippen LogP contribution in [0.2, 0.25) is 0 Å². The molecule has 0 radical (unpaired) electrons. The van der Waals surface area contributed by atoms with E-state index in [1.807, 2.05) is 60.7 Å². The molecule has 0 atom stereocenters. The van der Waals surface area contributed by atoms with Gasteiger partial charge in [-0.25, -0.2) is 0 Å². The molecular weight excluding hydrogens is 374 g/mol. The van der Waals surface area contributed by atoms with Crippen molar-refractivity contribution in [2.75, 3.05) is 16.4 Å². The lowest BCUT2D eigenvalue weighted by Crippen LogP contribution is -2.11. The summed E-state index contributed by atoms with van der Waals surface area (Å²) in [6.45, 7) is 7.12. The molecule has 0 spiro atoms. The Morgan fingerprint density at radius 3 is 1.57 bits per heavy atom. The Labute approximate surface area is 177 Å². The van der Waals surface area contributed by atoms with E-state index in [9.17, 15) is 9.59 Å². The summed E-state index contributed by atoms with van der Waals surface area (Å²) >= 11 is 0. The number of anilines is 3. The van der Waals surface area contributed by atoms with Gasteiger partial charge in [-0.2, -0.15) is 0 Å². The van der Waals surface area contributed by atoms with Crippen LogP contribution in [0.25, 0.3) is 0 Å². The summed E-state index contributed by atoms with van der Waals surface area (Å²) in [4.78, 5) is 23.2. The molecule has 0 bridgehead atoms. The van der Waals surface area contributed by atoms with Crippen molar-refractivity contribution >= 4 is 28.9 Å². The number of carbonyl (C=O) groups excluding carboxylic acids is 2. The highest BCUT2D eigenvalue weighted by Crippen LogP contribution is 2.38. The molecule has 0 aromatic heterocycles. The molecule has 30 heavy (non-hydrogen) atoms. The first-order valence-corrected chi connectivity index (χ1v) is 9.86. The van der Waals surface area contributed by atoms with E-state index in [1.54, 1.807) is 0 Å². The lowest BCUT2D eigenvalue weighted by atomic mass is 9.81. The van der Waals surface area contributed by atoms with Gasteiger partial charge in [0, 0.05) is 36.8 Å². The molecule has 0 aliphatic rings. The van der Waals surface area contributed by atoms with Crippen LogP contribution in [-0.2, 0) is 9.59 Å². The van der Waals surface area contributed by atoms with Crippen LogP contribution in [0.5, 0.6) is 0 Å². The van der Waals surface area contributed by atoms with Crippen molar-refractivity contribution in [3.63, 3.8) is 0 Å². The molecule has 5 heteroatoms. The molecule has 0 heterocycles. The Hall–Kier alpha value is -3.60. The lowest BCUT2D eigenvalue weighted by Gasteiger charge is -2.24. The number of amides is 2. The quantitative estimate of drug-likeness (QED) is 0.416. The minimum absolute atomic E-state index is 0.0898. The predicted octanol–water partition coefficient (Wildman–Crippen LogP) is 4.98. The maximum absolute atomic E-state index is 11.6. The van der Waals surface area contributed by atoms with E-state index in [-0.39, 0.29) is 17.7 Å². The number of rotatable bonds is 5. The summed E-state index contributed by atoms with van der Waals surface area (Å²) in [6.07, 6.45) is 0. The molecule has 3 rings (SSSR count). The Bertz CT molecular complexity index is 1020. The van der Waals surface area contributed by atoms with Gasteiger partial charge in [0.2, 0.25) is 11.8 Å². The van der Waals surface area contributed by atoms with Crippen LogP contribution in [0.4, 0.5) is 17.1 Å². The van der Waals surface area contributed by atoms with Crippen LogP contribution in [0.15, 0.2) is 60.7 Å². The minimum Gasteiger partial charge on any atom is -0.399 e. The van der Waals surface area contributed by atoms with Crippen molar-refractivity contribution in [3.8, 4) is 0 Å². The SMILES string of the molecule is CC(=O)Nc1ccc(C)c(C(c2ccc(N)cc2)c2cc(NC(C)=O)ccc2C)c1. The third-order valence-electron chi connectivity index (χ3n) is 5.09. The van der Waals surface area contributed by atoms with Crippen LogP contribution in [0, 0.1) is 13.8 Å². The number of carbonyl (C=O) groups is 2. The second kappa shape index (κ2) is 8.82. The van der Waals surface area contributed by atoms with Crippen LogP contribution in [0.1, 0.15) is 47.6 Å². The molecule has 5 nitrogen and oxygen atoms in total. The molecule has 3 aromatic rings. The molecule has 0 saturated carbocycles. The van der Waals surface area contributed by atoms with E-state index < -0.39 is 0 Å². The number of nitrogen functional groups attached to an aromatic ring is 1. The molecular formula is C25H27N3O2. The molecule has 2 amide bonds. The fourth-order valence-corrected chi connectivity index (χ4v) is 3.68. The Kier molecular flexibility index (Phi) is 6.21. The number of nitrogens with two attached hydrogens (primary N) is 1. The molecule has 0 aliphatic carbocycles. The molecule has 0 saturated heterocycles. The van der Waals surface area contributed by atoms with Gasteiger partial charge in [-0.15, -0.1) is 0 Å². The first-order chi connectivity index (χ1) is 14.2. The van der Waals surface area contributed by atoms with Gasteiger partial charge in [0.1, 0.15) is 0 Å². The van der Waals surface area contributed by atoms with Gasteiger partial charge in [-0.05, 0) is 78.1 Å². The smallest absolute Gasteiger partial charge is 0.221 e. The van der Waals surface area contributed by atoms with Crippen molar-refractivity contribution < 1.29 is 9.59 Å². The van der Waals surface area contributed by atoms with Crippen molar-refractivity contribution in [2.45, 2.75) is 33.6 Å². The molecule has 154 valence electrons. The standard InChI is InChI=1S/C25H27N3O2/c1-15-5-11-21(27-17(3)29)13-23(15)25(19-7-9-20(26)10-8-19)24-14-22(28-18(4)30)12-6-16(24)2/h5-14,25H,26H2,1-4H3,(H,27,29)(H,28,30). The van der Waals surface area contributed by atoms with Gasteiger partial charge in [-0.3, -0.25) is 9.59 Å². The zero-order valence-electron chi connectivity index (χ0n) is 17.7. The summed E-state index contributed by atoms with van der Waals surface area (Å²) in [5, 5.41) is 5.75. The first kappa shape index (κ1) is 21.1. The summed E-state index contributed by atoms with van der Waals surface area (Å²) in [7, 11) is 0. The van der Waals surface area contributed by atoms with E-state index in [0.29, 0.717) is 5.69 Å². The number of benzene rings is 3. The fourth-order valence-electron chi connectivity index (χ4n) is 3.68. The van der Waals surface area contributed by atoms with Gasteiger partial charge in [-0.1, -0.05) is 24.3 Å². The average Bonchev–Trinajstić information content (AvgIpc) is 2.67. The highest BCUT2D eigenvalue weighted by molar-refractivity contribution is 5.89. The van der Waals surface area contributed by atoms with E-state index in [0.717, 1.165) is 39.2 Å². The van der Waals surface area contributed by atoms with E-state index in [4.69, 9.17) is 5.73 Å². The number of hydrogen-bond acceptors (Lipinski definition) is 3. The normalized spacial score (nSPS) is 10.7. The average molecular weight is 402 g/mol. The summed E-state index contributed by atoms with van der Waals surface area (Å²) in [5.41, 5.74) is 13.6. The second-order valence-electron chi connectivity index (χ2n) is 7.60. The van der Waals surface area contributed by atoms with E-state index in [1.165, 1.54) is 13.8 Å². The fraction of sp³-hybridized carbons (Fsp3) is 0.200. The monoisotopic (exact) mass is 401 g/mol. The zero-order chi connectivity index (χ0) is 21.8. The van der Waals surface area contributed by atoms with Crippen LogP contribution < -0.4 is 16.4 Å². The van der Waals surface area contributed by atoms with Gasteiger partial charge in [0.05, 0.1) is 0 Å². The summed E-state index contributed by atoms with van der Waals surface area (Å²) in [5.74, 6) is -0.316. The zero-order valence-corrected chi connectivity index (χ0v) is 17.7. The van der Waals surface area contributed by atoms with Gasteiger partial charge < -0.3 is 16.4 Å². The lowest BCUT2D eigenvalue weighted by molar-refractivity contribution is -0.115. The van der Waals surface area contributed by atoms with E-state index >= 15 is 0 Å². The Morgan fingerprint density at radius 1 is 0.733 bits per heavy atom. The minimum atomic E-state index is -0.113. The van der Waals surface area contributed by atoms with Gasteiger partial charge >= 0.3 is 0 Å². The Balaban J connectivity index is 2.22. The maximum atomic E-state index is 11.6. The van der Waals surface area contributed by atoms with E-state index in [2.05, 4.69) is 24.5 Å². The van der Waals surface area contributed by atoms with Crippen LogP contribution in [-0.4, -0.2) is 11.8 Å². The van der Waals surface area contributed by atoms with Gasteiger partial charge in [0.15, 0.2) is 0 Å². The highest BCUT2D eigenvalue weighted by Gasteiger charge is 2.22. The van der Waals surface area contributed by atoms with Crippen molar-refractivity contribution in [3.05, 3.63) is 88.5 Å². The summed E-state index contributed by atoms with van der Waals surface area (Å²) in [6, 6.07) is 19.7. The topological polar surface area (TPSA) is 84.2 Å². The molecule has 0 unspecified atom stereocenters. The first-order valence-electron chi connectivity index (χ1n) is 9.86. The van der Waals surface area contributed by atoms with Crippen molar-refractivity contribution in [1.82, 2.24) is 0 Å². The third-order valence-corrected chi connectivity index (χ3v) is 5.09. The molecule has 0 fully saturated rings. The number of hydrogen-bond donors (Lipinski definition) is 3. The largest absolute Gasteiger partial charge is 0.399 e. The summed E-state index contributed by atoms with van der Waals surface area (Å²) < 4.78 is 0. The van der Waals surface area contributed by atoms with Crippen LogP contribution in [0.3, 0.4) is 0 Å². The Morgan fingerprint density at radius 2 is 1.17 bits per heavy atom. The third kappa shape index (κ3) is 4.87. The molecule has 0 aliphatic heterocycles. The highest BCUT2D eigenvalue weighted by atomic mass is 16.2. The molecule has 3 aromatic carbocycles. The van der Waals surface area contributed by atoms with Crippen molar-refractivity contribution in [2.24, 2.45) is 0 Å². The second-order valence-corrected chi connectivity index (χ2v) is 7.60. The van der Waals surface area contributed by atoms with Gasteiger partial charge in [0.25, 0.3) is 0 Å². The molecule has 4 N–H and O–H groups in total. The van der Waals surface area contributed by atoms with Crippen molar-refractivity contribution in [1.29, 1.82) is 0 Å². The number of nitrogens with one attached hydrogen (secondary N) is 2.